The maximum Gasteiger partial charge on any atom is 0.313 e. The Morgan fingerprint density at radius 1 is 1.00 bits per heavy atom. The predicted molar refractivity (Wildman–Crippen MR) is 167 cm³/mol. The lowest BCUT2D eigenvalue weighted by Crippen LogP contribution is -2.28. The quantitative estimate of drug-likeness (QED) is 0.0826. The topological polar surface area (TPSA) is 86.0 Å². The average molecular weight is 768 g/mol. The first-order valence-electron chi connectivity index (χ1n) is 12.3. The number of para-hydroxylation sites is 1. The van der Waals surface area contributed by atoms with Gasteiger partial charge < -0.3 is 18.8 Å². The number of ketones is 2. The number of rotatable bonds is 13. The zero-order chi connectivity index (χ0) is 27.1. The molecular formula is C28H32ClI2NO6. The van der Waals surface area contributed by atoms with Crippen LogP contribution in [0.5, 0.6) is 5.75 Å². The van der Waals surface area contributed by atoms with Gasteiger partial charge in [-0.3, -0.25) is 14.4 Å². The highest BCUT2D eigenvalue weighted by Crippen LogP contribution is 2.32. The number of halogens is 3. The number of hydrogen-bond donors (Lipinski definition) is 0. The Morgan fingerprint density at radius 3 is 2.24 bits per heavy atom. The summed E-state index contributed by atoms with van der Waals surface area (Å²) in [5.41, 5.74) is 0.797. The molecule has 206 valence electrons. The van der Waals surface area contributed by atoms with Crippen molar-refractivity contribution in [2.45, 2.75) is 46.6 Å². The van der Waals surface area contributed by atoms with Crippen LogP contribution in [0.3, 0.4) is 0 Å². The Hall–Kier alpha value is -1.70. The summed E-state index contributed by atoms with van der Waals surface area (Å²) < 4.78 is 18.7. The van der Waals surface area contributed by atoms with E-state index in [-0.39, 0.29) is 41.8 Å². The van der Waals surface area contributed by atoms with Crippen LogP contribution in [0.25, 0.3) is 11.0 Å². The van der Waals surface area contributed by atoms with E-state index < -0.39 is 17.5 Å². The van der Waals surface area contributed by atoms with Crippen molar-refractivity contribution in [3.8, 4) is 5.75 Å². The zero-order valence-corrected chi connectivity index (χ0v) is 27.0. The molecular weight excluding hydrogens is 736 g/mol. The largest absolute Gasteiger partial charge is 0.490 e. The first-order valence-corrected chi connectivity index (χ1v) is 14.5. The molecule has 3 aromatic rings. The summed E-state index contributed by atoms with van der Waals surface area (Å²) in [5, 5.41) is 0.493. The molecule has 0 aliphatic heterocycles. The first-order chi connectivity index (χ1) is 17.7. The molecule has 0 spiro atoms. The van der Waals surface area contributed by atoms with E-state index >= 15 is 0 Å². The number of carbonyl (C=O) groups is 3. The SMILES string of the molecule is CC[C@H](C)OC(=O)Cc1oc2ccccc2c1C(=O)C(=O)c1cc(I)c(OCCN(CC)CC)c(I)c1.Cl. The number of hydrogen-bond acceptors (Lipinski definition) is 7. The molecule has 0 radical (unpaired) electrons. The van der Waals surface area contributed by atoms with Gasteiger partial charge in [0.15, 0.2) is 0 Å². The van der Waals surface area contributed by atoms with E-state index in [4.69, 9.17) is 13.9 Å². The minimum absolute atomic E-state index is 0. The Bertz CT molecular complexity index is 1260. The smallest absolute Gasteiger partial charge is 0.313 e. The highest BCUT2D eigenvalue weighted by atomic mass is 127. The van der Waals surface area contributed by atoms with E-state index in [9.17, 15) is 14.4 Å². The summed E-state index contributed by atoms with van der Waals surface area (Å²) in [7, 11) is 0. The van der Waals surface area contributed by atoms with Crippen LogP contribution in [0.1, 0.15) is 60.6 Å². The molecule has 0 aliphatic rings. The van der Waals surface area contributed by atoms with E-state index in [1.807, 2.05) is 6.92 Å². The van der Waals surface area contributed by atoms with E-state index in [1.165, 1.54) is 0 Å². The Morgan fingerprint density at radius 2 is 1.63 bits per heavy atom. The number of benzene rings is 2. The van der Waals surface area contributed by atoms with Gasteiger partial charge in [0.1, 0.15) is 30.1 Å². The van der Waals surface area contributed by atoms with Crippen LogP contribution in [0.2, 0.25) is 0 Å². The van der Waals surface area contributed by atoms with E-state index in [0.717, 1.165) is 26.8 Å². The van der Waals surface area contributed by atoms with Crippen molar-refractivity contribution < 1.29 is 28.3 Å². The lowest BCUT2D eigenvalue weighted by molar-refractivity contribution is -0.147. The molecule has 3 rings (SSSR count). The zero-order valence-electron chi connectivity index (χ0n) is 21.8. The van der Waals surface area contributed by atoms with E-state index in [0.29, 0.717) is 29.7 Å². The van der Waals surface area contributed by atoms with Crippen molar-refractivity contribution in [1.82, 2.24) is 4.90 Å². The van der Waals surface area contributed by atoms with Gasteiger partial charge in [-0.05, 0) is 89.8 Å². The number of likely N-dealkylation sites (N-methyl/N-ethyl adjacent to an activating group) is 1. The third kappa shape index (κ3) is 7.92. The van der Waals surface area contributed by atoms with Crippen molar-refractivity contribution in [3.63, 3.8) is 0 Å². The standard InChI is InChI=1S/C28H31I2NO6.ClH/c1-5-17(4)36-24(32)16-23-25(19-10-8-9-11-22(19)37-23)27(34)26(33)18-14-20(29)28(21(30)15-18)35-13-12-31(6-2)7-3;/h8-11,14-15,17H,5-7,12-13,16H2,1-4H3;1H/t17-;/m0./s1. The molecule has 0 amide bonds. The molecule has 0 saturated carbocycles. The second kappa shape index (κ2) is 15.2. The van der Waals surface area contributed by atoms with Crippen LogP contribution in [0, 0.1) is 7.14 Å². The fourth-order valence-electron chi connectivity index (χ4n) is 3.84. The van der Waals surface area contributed by atoms with Crippen molar-refractivity contribution in [2.24, 2.45) is 0 Å². The maximum atomic E-state index is 13.5. The van der Waals surface area contributed by atoms with Crippen LogP contribution in [0.4, 0.5) is 0 Å². The van der Waals surface area contributed by atoms with Gasteiger partial charge in [0, 0.05) is 17.5 Å². The number of Topliss-reactive ketones (excluding diaryl/α,β-unsaturated/α-hetero) is 2. The molecule has 0 saturated heterocycles. The van der Waals surface area contributed by atoms with Crippen LogP contribution >= 0.6 is 57.6 Å². The van der Waals surface area contributed by atoms with Gasteiger partial charge in [-0.2, -0.15) is 0 Å². The third-order valence-corrected chi connectivity index (χ3v) is 7.73. The fourth-order valence-corrected chi connectivity index (χ4v) is 5.92. The summed E-state index contributed by atoms with van der Waals surface area (Å²) in [6.07, 6.45) is 0.180. The number of carbonyl (C=O) groups excluding carboxylic acids is 3. The molecule has 1 aromatic heterocycles. The normalized spacial score (nSPS) is 11.8. The van der Waals surface area contributed by atoms with Crippen LogP contribution in [-0.4, -0.2) is 54.8 Å². The molecule has 7 nitrogen and oxygen atoms in total. The molecule has 0 fully saturated rings. The summed E-state index contributed by atoms with van der Waals surface area (Å²) in [6.45, 7) is 11.1. The molecule has 2 aromatic carbocycles. The van der Waals surface area contributed by atoms with Crippen molar-refractivity contribution >= 4 is 86.1 Å². The van der Waals surface area contributed by atoms with Gasteiger partial charge in [-0.1, -0.05) is 39.0 Å². The molecule has 1 atom stereocenters. The van der Waals surface area contributed by atoms with Gasteiger partial charge in [0.2, 0.25) is 11.6 Å². The van der Waals surface area contributed by atoms with Crippen molar-refractivity contribution in [2.75, 3.05) is 26.2 Å². The highest BCUT2D eigenvalue weighted by Gasteiger charge is 2.29. The van der Waals surface area contributed by atoms with E-state index in [1.54, 1.807) is 43.3 Å². The van der Waals surface area contributed by atoms with Gasteiger partial charge in [-0.25, -0.2) is 0 Å². The predicted octanol–water partition coefficient (Wildman–Crippen LogP) is 6.73. The lowest BCUT2D eigenvalue weighted by atomic mass is 9.98. The van der Waals surface area contributed by atoms with Crippen molar-refractivity contribution in [3.05, 3.63) is 60.4 Å². The summed E-state index contributed by atoms with van der Waals surface area (Å²) in [4.78, 5) is 41.6. The van der Waals surface area contributed by atoms with Crippen LogP contribution in [-0.2, 0) is 16.0 Å². The van der Waals surface area contributed by atoms with Gasteiger partial charge in [-0.15, -0.1) is 12.4 Å². The van der Waals surface area contributed by atoms with Gasteiger partial charge in [0.05, 0.1) is 18.8 Å². The molecule has 0 N–H and O–H groups in total. The molecule has 0 unspecified atom stereocenters. The maximum absolute atomic E-state index is 13.5. The summed E-state index contributed by atoms with van der Waals surface area (Å²) in [6, 6.07) is 10.3. The summed E-state index contributed by atoms with van der Waals surface area (Å²) in [5.74, 6) is -1.08. The lowest BCUT2D eigenvalue weighted by Gasteiger charge is -2.19. The Kier molecular flexibility index (Phi) is 13.0. The van der Waals surface area contributed by atoms with Crippen molar-refractivity contribution in [1.29, 1.82) is 0 Å². The summed E-state index contributed by atoms with van der Waals surface area (Å²) >= 11 is 4.24. The fraction of sp³-hybridized carbons (Fsp3) is 0.393. The molecule has 38 heavy (non-hydrogen) atoms. The highest BCUT2D eigenvalue weighted by molar-refractivity contribution is 14.1. The minimum Gasteiger partial charge on any atom is -0.490 e. The van der Waals surface area contributed by atoms with Gasteiger partial charge in [0.25, 0.3) is 0 Å². The average Bonchev–Trinajstić information content (AvgIpc) is 3.24. The molecule has 0 aliphatic carbocycles. The molecule has 10 heteroatoms. The second-order valence-electron chi connectivity index (χ2n) is 8.58. The molecule has 1 heterocycles. The second-order valence-corrected chi connectivity index (χ2v) is 10.9. The number of fused-ring (bicyclic) bond motifs is 1. The number of esters is 1. The number of furan rings is 1. The molecule has 0 bridgehead atoms. The Balaban J connectivity index is 0.00000507. The Labute approximate surface area is 256 Å². The monoisotopic (exact) mass is 767 g/mol. The van der Waals surface area contributed by atoms with E-state index in [2.05, 4.69) is 63.9 Å². The number of ether oxygens (including phenoxy) is 2. The first kappa shape index (κ1) is 32.5. The number of nitrogens with zero attached hydrogens (tertiary/aromatic N) is 1. The van der Waals surface area contributed by atoms with Crippen LogP contribution < -0.4 is 4.74 Å². The van der Waals surface area contributed by atoms with Gasteiger partial charge >= 0.3 is 5.97 Å². The third-order valence-electron chi connectivity index (χ3n) is 6.12. The minimum atomic E-state index is -0.724. The van der Waals surface area contributed by atoms with Crippen LogP contribution in [0.15, 0.2) is 40.8 Å².